The average molecular weight is 476 g/mol. The van der Waals surface area contributed by atoms with Crippen LogP contribution in [-0.4, -0.2) is 25.1 Å². The van der Waals surface area contributed by atoms with Crippen molar-refractivity contribution in [2.24, 2.45) is 0 Å². The number of hydrogen-bond acceptors (Lipinski definition) is 4. The van der Waals surface area contributed by atoms with Crippen LogP contribution in [-0.2, 0) is 0 Å². The number of aromatic nitrogens is 4. The third kappa shape index (κ3) is 3.52. The van der Waals surface area contributed by atoms with Gasteiger partial charge in [0, 0.05) is 18.1 Å². The van der Waals surface area contributed by atoms with Crippen molar-refractivity contribution in [2.75, 3.05) is 0 Å². The summed E-state index contributed by atoms with van der Waals surface area (Å²) in [5, 5.41) is 8.39. The lowest BCUT2D eigenvalue weighted by molar-refractivity contribution is 0.0939. The van der Waals surface area contributed by atoms with Gasteiger partial charge in [-0.3, -0.25) is 14.2 Å². The summed E-state index contributed by atoms with van der Waals surface area (Å²) >= 11 is 6.33. The minimum Gasteiger partial charge on any atom is -0.344 e. The SMILES string of the molecule is Cc1nn2cccnc2c1C(=O)N[C@@H](C)c1cc2cccc(Cl)c2c(=O)n1-c1ccccc1F. The van der Waals surface area contributed by atoms with Gasteiger partial charge in [-0.1, -0.05) is 35.9 Å². The van der Waals surface area contributed by atoms with Crippen molar-refractivity contribution in [1.29, 1.82) is 0 Å². The van der Waals surface area contributed by atoms with Gasteiger partial charge in [0.2, 0.25) is 0 Å². The van der Waals surface area contributed by atoms with E-state index in [1.165, 1.54) is 21.2 Å². The lowest BCUT2D eigenvalue weighted by Crippen LogP contribution is -2.32. The second-order valence-corrected chi connectivity index (χ2v) is 8.32. The monoisotopic (exact) mass is 475 g/mol. The molecule has 0 spiro atoms. The first-order valence-corrected chi connectivity index (χ1v) is 10.9. The molecule has 2 aromatic carbocycles. The van der Waals surface area contributed by atoms with E-state index in [0.29, 0.717) is 28.0 Å². The van der Waals surface area contributed by atoms with Crippen LogP contribution in [0, 0.1) is 12.7 Å². The molecule has 1 atom stereocenters. The number of fused-ring (bicyclic) bond motifs is 2. The Labute approximate surface area is 198 Å². The number of para-hydroxylation sites is 1. The molecule has 0 radical (unpaired) electrons. The van der Waals surface area contributed by atoms with Crippen molar-refractivity contribution < 1.29 is 9.18 Å². The number of carbonyl (C=O) groups is 1. The summed E-state index contributed by atoms with van der Waals surface area (Å²) in [7, 11) is 0. The van der Waals surface area contributed by atoms with Crippen LogP contribution in [0.5, 0.6) is 0 Å². The Hall–Kier alpha value is -4.04. The van der Waals surface area contributed by atoms with E-state index in [9.17, 15) is 14.0 Å². The second-order valence-electron chi connectivity index (χ2n) is 7.91. The molecule has 0 saturated heterocycles. The zero-order valence-corrected chi connectivity index (χ0v) is 19.0. The number of rotatable bonds is 4. The highest BCUT2D eigenvalue weighted by molar-refractivity contribution is 6.35. The van der Waals surface area contributed by atoms with Gasteiger partial charge in [-0.15, -0.1) is 0 Å². The van der Waals surface area contributed by atoms with Gasteiger partial charge in [-0.2, -0.15) is 5.10 Å². The van der Waals surface area contributed by atoms with Gasteiger partial charge in [0.25, 0.3) is 11.5 Å². The molecule has 1 N–H and O–H groups in total. The third-order valence-corrected chi connectivity index (χ3v) is 6.02. The van der Waals surface area contributed by atoms with Crippen molar-refractivity contribution in [1.82, 2.24) is 24.5 Å². The van der Waals surface area contributed by atoms with Crippen molar-refractivity contribution >= 4 is 33.9 Å². The van der Waals surface area contributed by atoms with E-state index < -0.39 is 23.3 Å². The lowest BCUT2D eigenvalue weighted by atomic mass is 10.1. The summed E-state index contributed by atoms with van der Waals surface area (Å²) in [5.41, 5.74) is 1.26. The molecule has 3 heterocycles. The van der Waals surface area contributed by atoms with Gasteiger partial charge in [0.05, 0.1) is 27.8 Å². The molecule has 5 rings (SSSR count). The van der Waals surface area contributed by atoms with Crippen LogP contribution < -0.4 is 10.9 Å². The van der Waals surface area contributed by atoms with Gasteiger partial charge < -0.3 is 5.32 Å². The number of benzene rings is 2. The minimum atomic E-state index is -0.666. The molecule has 9 heteroatoms. The standard InChI is InChI=1S/C25H19ClFN5O2/c1-14(29-24(33)21-15(2)30-31-12-6-11-28-23(21)31)20-13-16-7-5-8-17(26)22(16)25(34)32(20)19-10-4-3-9-18(19)27/h3-14H,1-2H3,(H,29,33)/t14-/m0/s1. The number of aryl methyl sites for hydroxylation is 1. The third-order valence-electron chi connectivity index (χ3n) is 5.71. The number of hydrogen-bond donors (Lipinski definition) is 1. The van der Waals surface area contributed by atoms with E-state index in [1.54, 1.807) is 68.7 Å². The summed E-state index contributed by atoms with van der Waals surface area (Å²) in [6.45, 7) is 3.45. The average Bonchev–Trinajstić information content (AvgIpc) is 3.15. The molecule has 34 heavy (non-hydrogen) atoms. The highest BCUT2D eigenvalue weighted by Gasteiger charge is 2.24. The molecule has 0 saturated carbocycles. The van der Waals surface area contributed by atoms with E-state index in [0.717, 1.165) is 0 Å². The van der Waals surface area contributed by atoms with Gasteiger partial charge in [0.15, 0.2) is 5.65 Å². The molecular weight excluding hydrogens is 457 g/mol. The molecule has 3 aromatic heterocycles. The van der Waals surface area contributed by atoms with E-state index in [2.05, 4.69) is 15.4 Å². The second kappa shape index (κ2) is 8.39. The molecule has 5 aromatic rings. The Morgan fingerprint density at radius 2 is 1.94 bits per heavy atom. The van der Waals surface area contributed by atoms with E-state index in [4.69, 9.17) is 11.6 Å². The number of halogens is 2. The zero-order chi connectivity index (χ0) is 24.0. The summed E-state index contributed by atoms with van der Waals surface area (Å²) in [6.07, 6.45) is 3.29. The number of amides is 1. The first-order chi connectivity index (χ1) is 16.4. The Bertz CT molecular complexity index is 1640. The first-order valence-electron chi connectivity index (χ1n) is 10.6. The first kappa shape index (κ1) is 21.8. The largest absolute Gasteiger partial charge is 0.344 e. The molecule has 0 aliphatic carbocycles. The Morgan fingerprint density at radius 3 is 2.74 bits per heavy atom. The number of nitrogens with one attached hydrogen (secondary N) is 1. The van der Waals surface area contributed by atoms with Crippen LogP contribution >= 0.6 is 11.6 Å². The molecule has 0 aliphatic rings. The maximum atomic E-state index is 14.8. The molecular formula is C25H19ClFN5O2. The van der Waals surface area contributed by atoms with Crippen LogP contribution in [0.15, 0.2) is 71.8 Å². The fraction of sp³-hybridized carbons (Fsp3) is 0.120. The highest BCUT2D eigenvalue weighted by atomic mass is 35.5. The lowest BCUT2D eigenvalue weighted by Gasteiger charge is -2.21. The van der Waals surface area contributed by atoms with E-state index in [1.807, 2.05) is 0 Å². The van der Waals surface area contributed by atoms with Crippen LogP contribution in [0.4, 0.5) is 4.39 Å². The van der Waals surface area contributed by atoms with Crippen molar-refractivity contribution in [3.63, 3.8) is 0 Å². The zero-order valence-electron chi connectivity index (χ0n) is 18.3. The van der Waals surface area contributed by atoms with Crippen molar-refractivity contribution in [2.45, 2.75) is 19.9 Å². The van der Waals surface area contributed by atoms with Crippen molar-refractivity contribution in [3.8, 4) is 5.69 Å². The van der Waals surface area contributed by atoms with Gasteiger partial charge in [0.1, 0.15) is 11.4 Å². The normalized spacial score (nSPS) is 12.2. The minimum absolute atomic E-state index is 0.0687. The van der Waals surface area contributed by atoms with Crippen LogP contribution in [0.1, 0.15) is 34.7 Å². The Kier molecular flexibility index (Phi) is 5.37. The summed E-state index contributed by atoms with van der Waals surface area (Å²) < 4.78 is 17.6. The predicted octanol–water partition coefficient (Wildman–Crippen LogP) is 4.63. The van der Waals surface area contributed by atoms with E-state index >= 15 is 0 Å². The Balaban J connectivity index is 1.66. The molecule has 0 fully saturated rings. The summed E-state index contributed by atoms with van der Waals surface area (Å²) in [6, 6.07) is 13.9. The topological polar surface area (TPSA) is 81.3 Å². The predicted molar refractivity (Wildman–Crippen MR) is 128 cm³/mol. The van der Waals surface area contributed by atoms with Gasteiger partial charge in [-0.25, -0.2) is 13.9 Å². The maximum Gasteiger partial charge on any atom is 0.264 e. The fourth-order valence-corrected chi connectivity index (χ4v) is 4.41. The summed E-state index contributed by atoms with van der Waals surface area (Å²) in [4.78, 5) is 31.1. The maximum absolute atomic E-state index is 14.8. The highest BCUT2D eigenvalue weighted by Crippen LogP contribution is 2.26. The number of pyridine rings is 1. The van der Waals surface area contributed by atoms with Crippen LogP contribution in [0.2, 0.25) is 5.02 Å². The smallest absolute Gasteiger partial charge is 0.264 e. The van der Waals surface area contributed by atoms with Crippen molar-refractivity contribution in [3.05, 3.63) is 105 Å². The Morgan fingerprint density at radius 1 is 1.15 bits per heavy atom. The van der Waals surface area contributed by atoms with E-state index in [-0.39, 0.29) is 16.1 Å². The molecule has 0 aliphatic heterocycles. The molecule has 0 bridgehead atoms. The number of nitrogens with zero attached hydrogens (tertiary/aromatic N) is 4. The molecule has 0 unspecified atom stereocenters. The molecule has 1 amide bonds. The quantitative estimate of drug-likeness (QED) is 0.411. The van der Waals surface area contributed by atoms with Gasteiger partial charge in [-0.05, 0) is 49.6 Å². The number of carbonyl (C=O) groups excluding carboxylic acids is 1. The summed E-state index contributed by atoms with van der Waals surface area (Å²) in [5.74, 6) is -0.976. The van der Waals surface area contributed by atoms with Crippen LogP contribution in [0.3, 0.4) is 0 Å². The van der Waals surface area contributed by atoms with Crippen LogP contribution in [0.25, 0.3) is 22.1 Å². The fourth-order valence-electron chi connectivity index (χ4n) is 4.15. The molecule has 7 nitrogen and oxygen atoms in total. The van der Waals surface area contributed by atoms with Gasteiger partial charge >= 0.3 is 0 Å². The molecule has 170 valence electrons.